The summed E-state index contributed by atoms with van der Waals surface area (Å²) in [5.41, 5.74) is 8.69. The molecular weight excluding hydrogens is 410 g/mol. The summed E-state index contributed by atoms with van der Waals surface area (Å²) in [5, 5.41) is 3.02. The summed E-state index contributed by atoms with van der Waals surface area (Å²) in [7, 11) is 0. The van der Waals surface area contributed by atoms with Crippen LogP contribution in [-0.2, 0) is 0 Å². The average molecular weight is 432 g/mol. The first-order valence-electron chi connectivity index (χ1n) is 8.69. The van der Waals surface area contributed by atoms with Gasteiger partial charge in [-0.2, -0.15) is 0 Å². The predicted molar refractivity (Wildman–Crippen MR) is 109 cm³/mol. The zero-order chi connectivity index (χ0) is 19.6. The van der Waals surface area contributed by atoms with Crippen molar-refractivity contribution in [1.29, 1.82) is 0 Å². The molecule has 0 saturated carbocycles. The predicted octanol–water partition coefficient (Wildman–Crippen LogP) is 2.91. The number of pyridine rings is 1. The molecule has 0 bridgehead atoms. The van der Waals surface area contributed by atoms with Gasteiger partial charge in [0, 0.05) is 42.5 Å². The highest BCUT2D eigenvalue weighted by atomic mass is 79.9. The Morgan fingerprint density at radius 2 is 1.78 bits per heavy atom. The summed E-state index contributed by atoms with van der Waals surface area (Å²) < 4.78 is 0.990. The Morgan fingerprint density at radius 3 is 2.37 bits per heavy atom. The van der Waals surface area contributed by atoms with Crippen molar-refractivity contribution in [2.24, 2.45) is 5.73 Å². The van der Waals surface area contributed by atoms with E-state index in [-0.39, 0.29) is 6.03 Å². The Hall–Kier alpha value is -2.61. The minimum Gasteiger partial charge on any atom is -0.365 e. The molecule has 7 nitrogen and oxygen atoms in total. The van der Waals surface area contributed by atoms with E-state index in [1.165, 1.54) is 0 Å². The fourth-order valence-corrected chi connectivity index (χ4v) is 3.94. The van der Waals surface area contributed by atoms with Crippen LogP contribution in [0.3, 0.4) is 0 Å². The molecule has 3 N–H and O–H groups in total. The first-order valence-corrected chi connectivity index (χ1v) is 9.48. The van der Waals surface area contributed by atoms with Crippen LogP contribution >= 0.6 is 15.9 Å². The number of nitrogens with two attached hydrogens (primary N) is 1. The maximum Gasteiger partial charge on any atom is 0.321 e. The number of halogens is 1. The third-order valence-corrected chi connectivity index (χ3v) is 5.11. The van der Waals surface area contributed by atoms with Gasteiger partial charge in [-0.25, -0.2) is 9.78 Å². The van der Waals surface area contributed by atoms with Gasteiger partial charge in [-0.1, -0.05) is 15.9 Å². The van der Waals surface area contributed by atoms with Crippen molar-refractivity contribution < 1.29 is 9.59 Å². The number of piperazine rings is 1. The van der Waals surface area contributed by atoms with Gasteiger partial charge < -0.3 is 20.9 Å². The number of nitrogens with zero attached hydrogens (tertiary/aromatic N) is 3. The number of carbonyl (C=O) groups is 2. The van der Waals surface area contributed by atoms with Crippen LogP contribution in [0.2, 0.25) is 0 Å². The Labute approximate surface area is 166 Å². The topological polar surface area (TPSA) is 91.6 Å². The summed E-state index contributed by atoms with van der Waals surface area (Å²) in [6.45, 7) is 6.19. The third-order valence-electron chi connectivity index (χ3n) is 4.65. The average Bonchev–Trinajstić information content (AvgIpc) is 2.64. The van der Waals surface area contributed by atoms with Crippen molar-refractivity contribution in [2.45, 2.75) is 13.8 Å². The summed E-state index contributed by atoms with van der Waals surface area (Å²) >= 11 is 3.47. The molecule has 1 aliphatic rings. The monoisotopic (exact) mass is 431 g/mol. The van der Waals surface area contributed by atoms with Gasteiger partial charge in [0.1, 0.15) is 5.82 Å². The number of anilines is 2. The van der Waals surface area contributed by atoms with Crippen LogP contribution in [0.25, 0.3) is 0 Å². The Balaban J connectivity index is 1.66. The van der Waals surface area contributed by atoms with Crippen molar-refractivity contribution in [1.82, 2.24) is 9.88 Å². The van der Waals surface area contributed by atoms with Crippen molar-refractivity contribution >= 4 is 39.4 Å². The Kier molecular flexibility index (Phi) is 5.65. The van der Waals surface area contributed by atoms with E-state index >= 15 is 0 Å². The zero-order valence-electron chi connectivity index (χ0n) is 15.3. The van der Waals surface area contributed by atoms with E-state index in [2.05, 4.69) is 26.2 Å². The normalized spacial score (nSPS) is 14.2. The number of urea groups is 1. The summed E-state index contributed by atoms with van der Waals surface area (Å²) in [6.07, 6.45) is 1.64. The number of aryl methyl sites for hydroxylation is 2. The maximum atomic E-state index is 12.7. The molecule has 2 aromatic rings. The second-order valence-electron chi connectivity index (χ2n) is 6.56. The van der Waals surface area contributed by atoms with Gasteiger partial charge in [-0.3, -0.25) is 4.79 Å². The van der Waals surface area contributed by atoms with E-state index in [0.29, 0.717) is 37.6 Å². The zero-order valence-corrected chi connectivity index (χ0v) is 16.9. The highest BCUT2D eigenvalue weighted by molar-refractivity contribution is 9.10. The molecular formula is C19H22BrN5O2. The van der Waals surface area contributed by atoms with Gasteiger partial charge in [0.25, 0.3) is 5.91 Å². The fourth-order valence-electron chi connectivity index (χ4n) is 3.26. The molecule has 0 atom stereocenters. The van der Waals surface area contributed by atoms with Gasteiger partial charge in [-0.15, -0.1) is 0 Å². The second-order valence-corrected chi connectivity index (χ2v) is 7.47. The van der Waals surface area contributed by atoms with Crippen LogP contribution in [0.4, 0.5) is 16.3 Å². The summed E-state index contributed by atoms with van der Waals surface area (Å²) in [4.78, 5) is 32.3. The molecule has 27 heavy (non-hydrogen) atoms. The van der Waals surface area contributed by atoms with E-state index in [9.17, 15) is 9.59 Å². The SMILES string of the molecule is Cc1cc(Br)cc(C)c1NC(=O)N1CCN(c2ncccc2C(N)=O)CC1. The lowest BCUT2D eigenvalue weighted by molar-refractivity contribution is 0.1000. The van der Waals surface area contributed by atoms with Crippen LogP contribution in [-0.4, -0.2) is 48.0 Å². The number of primary amides is 1. The molecule has 1 aliphatic heterocycles. The Bertz CT molecular complexity index is 855. The molecule has 0 unspecified atom stereocenters. The number of hydrogen-bond donors (Lipinski definition) is 2. The fraction of sp³-hybridized carbons (Fsp3) is 0.316. The maximum absolute atomic E-state index is 12.7. The summed E-state index contributed by atoms with van der Waals surface area (Å²) in [6, 6.07) is 7.19. The molecule has 2 heterocycles. The number of rotatable bonds is 3. The quantitative estimate of drug-likeness (QED) is 0.781. The minimum absolute atomic E-state index is 0.126. The lowest BCUT2D eigenvalue weighted by atomic mass is 10.1. The van der Waals surface area contributed by atoms with Crippen LogP contribution in [0.15, 0.2) is 34.9 Å². The number of carbonyl (C=O) groups excluding carboxylic acids is 2. The number of hydrogen-bond acceptors (Lipinski definition) is 4. The molecule has 3 amide bonds. The molecule has 1 saturated heterocycles. The van der Waals surface area contributed by atoms with Gasteiger partial charge in [0.15, 0.2) is 0 Å². The molecule has 0 aliphatic carbocycles. The highest BCUT2D eigenvalue weighted by Crippen LogP contribution is 2.26. The van der Waals surface area contributed by atoms with E-state index in [1.54, 1.807) is 23.2 Å². The Morgan fingerprint density at radius 1 is 1.15 bits per heavy atom. The molecule has 1 aromatic heterocycles. The lowest BCUT2D eigenvalue weighted by Gasteiger charge is -2.36. The van der Waals surface area contributed by atoms with Crippen LogP contribution in [0.5, 0.6) is 0 Å². The van der Waals surface area contributed by atoms with E-state index in [1.807, 2.05) is 30.9 Å². The van der Waals surface area contributed by atoms with Gasteiger partial charge in [0.05, 0.1) is 5.56 Å². The minimum atomic E-state index is -0.500. The molecule has 0 radical (unpaired) electrons. The third kappa shape index (κ3) is 4.21. The number of nitrogens with one attached hydrogen (secondary N) is 1. The van der Waals surface area contributed by atoms with Crippen molar-refractivity contribution in [2.75, 3.05) is 36.4 Å². The highest BCUT2D eigenvalue weighted by Gasteiger charge is 2.25. The molecule has 3 rings (SSSR count). The largest absolute Gasteiger partial charge is 0.365 e. The number of amides is 3. The van der Waals surface area contributed by atoms with Crippen LogP contribution in [0.1, 0.15) is 21.5 Å². The first-order chi connectivity index (χ1) is 12.9. The molecule has 8 heteroatoms. The van der Waals surface area contributed by atoms with Crippen molar-refractivity contribution in [3.05, 3.63) is 51.6 Å². The first kappa shape index (κ1) is 19.2. The van der Waals surface area contributed by atoms with Gasteiger partial charge >= 0.3 is 6.03 Å². The van der Waals surface area contributed by atoms with Crippen LogP contribution in [0, 0.1) is 13.8 Å². The molecule has 0 spiro atoms. The number of benzene rings is 1. The van der Waals surface area contributed by atoms with Crippen molar-refractivity contribution in [3.63, 3.8) is 0 Å². The van der Waals surface area contributed by atoms with Crippen LogP contribution < -0.4 is 16.0 Å². The van der Waals surface area contributed by atoms with E-state index in [0.717, 1.165) is 21.3 Å². The molecule has 1 aromatic carbocycles. The lowest BCUT2D eigenvalue weighted by Crippen LogP contribution is -2.50. The summed E-state index contributed by atoms with van der Waals surface area (Å²) in [5.74, 6) is 0.0733. The van der Waals surface area contributed by atoms with E-state index in [4.69, 9.17) is 5.73 Å². The van der Waals surface area contributed by atoms with Gasteiger partial charge in [-0.05, 0) is 49.2 Å². The molecule has 142 valence electrons. The van der Waals surface area contributed by atoms with Crippen molar-refractivity contribution in [3.8, 4) is 0 Å². The second kappa shape index (κ2) is 7.96. The smallest absolute Gasteiger partial charge is 0.321 e. The standard InChI is InChI=1S/C19H22BrN5O2/c1-12-10-14(20)11-13(2)16(12)23-19(27)25-8-6-24(7-9-25)18-15(17(21)26)4-3-5-22-18/h3-5,10-11H,6-9H2,1-2H3,(H2,21,26)(H,23,27). The van der Waals surface area contributed by atoms with Gasteiger partial charge in [0.2, 0.25) is 0 Å². The molecule has 1 fully saturated rings. The number of aromatic nitrogens is 1. The van der Waals surface area contributed by atoms with E-state index < -0.39 is 5.91 Å².